The van der Waals surface area contributed by atoms with Gasteiger partial charge in [0.1, 0.15) is 5.82 Å². The van der Waals surface area contributed by atoms with Crippen LogP contribution in [0.15, 0.2) is 42.7 Å². The summed E-state index contributed by atoms with van der Waals surface area (Å²) in [6.07, 6.45) is 8.71. The molecule has 1 aliphatic carbocycles. The zero-order valence-corrected chi connectivity index (χ0v) is 18.0. The van der Waals surface area contributed by atoms with E-state index >= 15 is 0 Å². The largest absolute Gasteiger partial charge is 0.483 e. The van der Waals surface area contributed by atoms with E-state index in [1.54, 1.807) is 0 Å². The van der Waals surface area contributed by atoms with Gasteiger partial charge in [-0.15, -0.1) is 0 Å². The van der Waals surface area contributed by atoms with Crippen molar-refractivity contribution in [3.05, 3.63) is 54.1 Å². The number of carboxylic acid groups (broad SMARTS) is 1. The minimum atomic E-state index is -0.250. The third kappa shape index (κ3) is 4.98. The van der Waals surface area contributed by atoms with Gasteiger partial charge in [-0.2, -0.15) is 0 Å². The lowest BCUT2D eigenvalue weighted by Gasteiger charge is -2.51. The van der Waals surface area contributed by atoms with Crippen molar-refractivity contribution in [3.63, 3.8) is 0 Å². The van der Waals surface area contributed by atoms with Gasteiger partial charge in [0.2, 0.25) is 5.91 Å². The first-order valence-corrected chi connectivity index (χ1v) is 11.3. The number of piperidine rings is 1. The predicted molar refractivity (Wildman–Crippen MR) is 117 cm³/mol. The van der Waals surface area contributed by atoms with Gasteiger partial charge in [-0.3, -0.25) is 14.5 Å². The number of rotatable bonds is 5. The van der Waals surface area contributed by atoms with E-state index in [0.29, 0.717) is 11.8 Å². The van der Waals surface area contributed by atoms with Crippen LogP contribution in [0.25, 0.3) is 0 Å². The number of aromatic nitrogens is 2. The summed E-state index contributed by atoms with van der Waals surface area (Å²) in [5, 5.41) is 6.89. The molecule has 7 heteroatoms. The van der Waals surface area contributed by atoms with Gasteiger partial charge < -0.3 is 14.6 Å². The van der Waals surface area contributed by atoms with Crippen molar-refractivity contribution in [2.75, 3.05) is 26.2 Å². The SMILES string of the molecule is O=C([C@@H]1C[C@H]2CCN(Cc3nccn3Cc3ccccc3)C[C@H]21)N1CCCC1.O=CO. The molecule has 0 unspecified atom stereocenters. The molecule has 1 saturated carbocycles. The zero-order chi connectivity index (χ0) is 21.6. The van der Waals surface area contributed by atoms with Crippen molar-refractivity contribution in [1.82, 2.24) is 19.4 Å². The quantitative estimate of drug-likeness (QED) is 0.747. The summed E-state index contributed by atoms with van der Waals surface area (Å²) in [7, 11) is 0. The summed E-state index contributed by atoms with van der Waals surface area (Å²) in [5.74, 6) is 3.15. The zero-order valence-electron chi connectivity index (χ0n) is 18.0. The van der Waals surface area contributed by atoms with E-state index in [1.165, 1.54) is 24.8 Å². The lowest BCUT2D eigenvalue weighted by atomic mass is 9.61. The van der Waals surface area contributed by atoms with Crippen molar-refractivity contribution in [3.8, 4) is 0 Å². The lowest BCUT2D eigenvalue weighted by Crippen LogP contribution is -2.55. The van der Waals surface area contributed by atoms with E-state index in [2.05, 4.69) is 55.9 Å². The van der Waals surface area contributed by atoms with E-state index in [4.69, 9.17) is 9.90 Å². The summed E-state index contributed by atoms with van der Waals surface area (Å²) >= 11 is 0. The minimum absolute atomic E-state index is 0.250. The predicted octanol–water partition coefficient (Wildman–Crippen LogP) is 2.71. The molecule has 166 valence electrons. The molecule has 1 aromatic carbocycles. The summed E-state index contributed by atoms with van der Waals surface area (Å²) in [5.41, 5.74) is 1.30. The highest BCUT2D eigenvalue weighted by Crippen LogP contribution is 2.46. The smallest absolute Gasteiger partial charge is 0.290 e. The fraction of sp³-hybridized carbons (Fsp3) is 0.542. The van der Waals surface area contributed by atoms with E-state index in [0.717, 1.165) is 57.4 Å². The average molecular weight is 425 g/mol. The lowest BCUT2D eigenvalue weighted by molar-refractivity contribution is -0.147. The third-order valence-corrected chi connectivity index (χ3v) is 7.06. The first-order valence-electron chi connectivity index (χ1n) is 11.3. The highest BCUT2D eigenvalue weighted by Gasteiger charge is 2.48. The van der Waals surface area contributed by atoms with E-state index in [-0.39, 0.29) is 12.4 Å². The number of fused-ring (bicyclic) bond motifs is 1. The molecule has 3 atom stereocenters. The molecule has 0 bridgehead atoms. The maximum Gasteiger partial charge on any atom is 0.290 e. The summed E-state index contributed by atoms with van der Waals surface area (Å²) in [6.45, 7) is 5.64. The van der Waals surface area contributed by atoms with Crippen LogP contribution in [0.4, 0.5) is 0 Å². The Hall–Kier alpha value is -2.67. The molecule has 2 saturated heterocycles. The summed E-state index contributed by atoms with van der Waals surface area (Å²) in [6, 6.07) is 10.6. The molecule has 31 heavy (non-hydrogen) atoms. The minimum Gasteiger partial charge on any atom is -0.483 e. The van der Waals surface area contributed by atoms with E-state index in [9.17, 15) is 4.79 Å². The summed E-state index contributed by atoms with van der Waals surface area (Å²) in [4.78, 5) is 30.5. The Labute approximate surface area is 183 Å². The van der Waals surface area contributed by atoms with Gasteiger partial charge in [-0.05, 0) is 49.6 Å². The van der Waals surface area contributed by atoms with E-state index in [1.807, 2.05) is 6.20 Å². The van der Waals surface area contributed by atoms with Crippen LogP contribution >= 0.6 is 0 Å². The molecule has 1 N–H and O–H groups in total. The van der Waals surface area contributed by atoms with Gasteiger partial charge >= 0.3 is 0 Å². The average Bonchev–Trinajstić information content (AvgIpc) is 3.44. The van der Waals surface area contributed by atoms with Gasteiger partial charge in [0.25, 0.3) is 6.47 Å². The molecule has 1 aromatic heterocycles. The van der Waals surface area contributed by atoms with Crippen LogP contribution in [0.5, 0.6) is 0 Å². The molecule has 5 rings (SSSR count). The second-order valence-electron chi connectivity index (χ2n) is 8.88. The number of likely N-dealkylation sites (tertiary alicyclic amines) is 2. The molecule has 2 aromatic rings. The van der Waals surface area contributed by atoms with Crippen LogP contribution in [0, 0.1) is 17.8 Å². The highest BCUT2D eigenvalue weighted by atomic mass is 16.3. The maximum absolute atomic E-state index is 12.9. The first kappa shape index (κ1) is 21.6. The summed E-state index contributed by atoms with van der Waals surface area (Å²) < 4.78 is 2.26. The Kier molecular flexibility index (Phi) is 7.02. The number of imidazole rings is 1. The monoisotopic (exact) mass is 424 g/mol. The fourth-order valence-corrected chi connectivity index (χ4v) is 5.37. The van der Waals surface area contributed by atoms with Gasteiger partial charge in [0.05, 0.1) is 6.54 Å². The van der Waals surface area contributed by atoms with Gasteiger partial charge in [-0.25, -0.2) is 4.98 Å². The second-order valence-corrected chi connectivity index (χ2v) is 8.88. The third-order valence-electron chi connectivity index (χ3n) is 7.06. The van der Waals surface area contributed by atoms with Crippen molar-refractivity contribution < 1.29 is 14.7 Å². The van der Waals surface area contributed by atoms with Crippen LogP contribution < -0.4 is 0 Å². The number of nitrogens with zero attached hydrogens (tertiary/aromatic N) is 4. The number of carbonyl (C=O) groups excluding carboxylic acids is 1. The number of benzene rings is 1. The molecule has 3 fully saturated rings. The van der Waals surface area contributed by atoms with Crippen LogP contribution in [-0.2, 0) is 22.7 Å². The Morgan fingerprint density at radius 3 is 2.61 bits per heavy atom. The Bertz CT molecular complexity index is 863. The Morgan fingerprint density at radius 1 is 1.13 bits per heavy atom. The molecule has 3 heterocycles. The number of amides is 1. The van der Waals surface area contributed by atoms with Crippen molar-refractivity contribution >= 4 is 12.4 Å². The topological polar surface area (TPSA) is 78.7 Å². The van der Waals surface area contributed by atoms with Crippen LogP contribution in [-0.4, -0.2) is 63.0 Å². The molecule has 0 spiro atoms. The van der Waals surface area contributed by atoms with Gasteiger partial charge in [-0.1, -0.05) is 30.3 Å². The normalized spacial score (nSPS) is 25.2. The molecular weight excluding hydrogens is 392 g/mol. The van der Waals surface area contributed by atoms with Crippen molar-refractivity contribution in [2.24, 2.45) is 17.8 Å². The number of hydrogen-bond acceptors (Lipinski definition) is 4. The maximum atomic E-state index is 12.9. The van der Waals surface area contributed by atoms with Crippen molar-refractivity contribution in [1.29, 1.82) is 0 Å². The van der Waals surface area contributed by atoms with Gasteiger partial charge in [0.15, 0.2) is 0 Å². The second kappa shape index (κ2) is 10.1. The Morgan fingerprint density at radius 2 is 1.87 bits per heavy atom. The Balaban J connectivity index is 0.000000730. The molecular formula is C24H32N4O3. The fourth-order valence-electron chi connectivity index (χ4n) is 5.37. The molecule has 2 aliphatic heterocycles. The number of hydrogen-bond donors (Lipinski definition) is 1. The van der Waals surface area contributed by atoms with Crippen LogP contribution in [0.1, 0.15) is 37.1 Å². The first-order chi connectivity index (χ1) is 15.2. The molecule has 3 aliphatic rings. The molecule has 7 nitrogen and oxygen atoms in total. The molecule has 0 radical (unpaired) electrons. The van der Waals surface area contributed by atoms with Crippen molar-refractivity contribution in [2.45, 2.75) is 38.8 Å². The molecule has 1 amide bonds. The van der Waals surface area contributed by atoms with Crippen LogP contribution in [0.2, 0.25) is 0 Å². The highest BCUT2D eigenvalue weighted by molar-refractivity contribution is 5.80. The van der Waals surface area contributed by atoms with Crippen LogP contribution in [0.3, 0.4) is 0 Å². The van der Waals surface area contributed by atoms with Gasteiger partial charge in [0, 0.05) is 44.5 Å². The standard InChI is InChI=1S/C23H30N4O.CH2O2/c28-23(26-10-4-5-11-26)20-14-19-8-12-25(16-21(19)20)17-22-24-9-13-27(22)15-18-6-2-1-3-7-18;2-1-3/h1-3,6-7,9,13,19-21H,4-5,8,10-12,14-17H2;1H,(H,2,3)/t19-,20-,21-;/m1./s1. The number of carbonyl (C=O) groups is 2. The van der Waals surface area contributed by atoms with E-state index < -0.39 is 0 Å².